The summed E-state index contributed by atoms with van der Waals surface area (Å²) >= 11 is 6.19. The van der Waals surface area contributed by atoms with Gasteiger partial charge in [-0.25, -0.2) is 0 Å². The number of nitrogens with two attached hydrogens (primary N) is 1. The van der Waals surface area contributed by atoms with Crippen molar-refractivity contribution in [2.24, 2.45) is 7.05 Å². The lowest BCUT2D eigenvalue weighted by Gasteiger charge is -2.16. The van der Waals surface area contributed by atoms with Crippen LogP contribution in [-0.4, -0.2) is 47.0 Å². The van der Waals surface area contributed by atoms with E-state index in [1.165, 1.54) is 4.68 Å². The fourth-order valence-electron chi connectivity index (χ4n) is 2.82. The number of fused-ring (bicyclic) bond motifs is 1. The number of anilines is 2. The Labute approximate surface area is 174 Å². The van der Waals surface area contributed by atoms with Crippen LogP contribution >= 0.6 is 11.6 Å². The van der Waals surface area contributed by atoms with E-state index in [4.69, 9.17) is 22.1 Å². The van der Waals surface area contributed by atoms with Gasteiger partial charge in [0.15, 0.2) is 12.1 Å². The van der Waals surface area contributed by atoms with E-state index < -0.39 is 0 Å². The van der Waals surface area contributed by atoms with E-state index in [9.17, 15) is 4.79 Å². The van der Waals surface area contributed by atoms with Crippen molar-refractivity contribution in [3.8, 4) is 5.75 Å². The lowest BCUT2D eigenvalue weighted by molar-refractivity contribution is 0.112. The molecule has 0 bridgehead atoms. The maximum Gasteiger partial charge on any atom is 0.158 e. The molecule has 29 heavy (non-hydrogen) atoms. The molecule has 0 saturated carbocycles. The highest BCUT2D eigenvalue weighted by Gasteiger charge is 2.17. The highest BCUT2D eigenvalue weighted by atomic mass is 35.5. The first-order chi connectivity index (χ1) is 13.9. The Bertz CT molecular complexity index is 996. The van der Waals surface area contributed by atoms with Crippen LogP contribution in [0.15, 0.2) is 24.9 Å². The number of rotatable bonds is 7. The van der Waals surface area contributed by atoms with Crippen LogP contribution in [0.1, 0.15) is 28.9 Å². The molecular formula is C19H26ClN7O2. The van der Waals surface area contributed by atoms with E-state index in [0.717, 1.165) is 22.2 Å². The van der Waals surface area contributed by atoms with E-state index in [2.05, 4.69) is 39.4 Å². The first-order valence-electron chi connectivity index (χ1n) is 8.88. The Balaban J connectivity index is 0.000000212. The molecule has 0 aliphatic carbocycles. The lowest BCUT2D eigenvalue weighted by Crippen LogP contribution is -2.13. The predicted octanol–water partition coefficient (Wildman–Crippen LogP) is 2.92. The van der Waals surface area contributed by atoms with Crippen LogP contribution in [0.2, 0.25) is 5.02 Å². The number of carbonyl (C=O) groups excluding carboxylic acids is 1. The molecule has 0 radical (unpaired) electrons. The number of ether oxygens (including phenoxy) is 1. The zero-order valence-electron chi connectivity index (χ0n) is 16.9. The van der Waals surface area contributed by atoms with Gasteiger partial charge < -0.3 is 21.1 Å². The minimum absolute atomic E-state index is 0.167. The third-order valence-corrected chi connectivity index (χ3v) is 4.73. The fourth-order valence-corrected chi connectivity index (χ4v) is 3.08. The SMILES string of the molecule is C=CCNc1c(C=O)c(N)nn1C.CNC(C)c1cc(Cl)c2cn[nH]c2c1OC. The molecule has 10 heteroatoms. The standard InChI is InChI=1S/C11H14ClN3O.C8H12N4O/c1-6(13-2)7-4-9(12)8-5-14-15-10(8)11(7)16-3;1-3-4-10-8-6(5-13)7(9)11-12(8)2/h4-6,13H,1-3H3,(H,14,15);3,5,10H,1,4H2,2H3,(H2,9,11). The summed E-state index contributed by atoms with van der Waals surface area (Å²) in [6.07, 6.45) is 4.08. The van der Waals surface area contributed by atoms with Crippen molar-refractivity contribution in [2.45, 2.75) is 13.0 Å². The zero-order chi connectivity index (χ0) is 21.6. The quantitative estimate of drug-likeness (QED) is 0.343. The number of methoxy groups -OCH3 is 1. The van der Waals surface area contributed by atoms with Crippen LogP contribution < -0.4 is 21.1 Å². The molecule has 0 spiro atoms. The maximum absolute atomic E-state index is 10.6. The van der Waals surface area contributed by atoms with Crippen molar-refractivity contribution in [2.75, 3.05) is 31.8 Å². The molecule has 1 atom stereocenters. The van der Waals surface area contributed by atoms with Gasteiger partial charge in [-0.2, -0.15) is 10.2 Å². The Morgan fingerprint density at radius 1 is 1.52 bits per heavy atom. The molecule has 5 N–H and O–H groups in total. The largest absolute Gasteiger partial charge is 0.494 e. The number of carbonyl (C=O) groups is 1. The van der Waals surface area contributed by atoms with Crippen molar-refractivity contribution in [1.29, 1.82) is 0 Å². The van der Waals surface area contributed by atoms with Crippen LogP contribution in [0.25, 0.3) is 10.9 Å². The molecule has 156 valence electrons. The zero-order valence-corrected chi connectivity index (χ0v) is 17.7. The molecule has 9 nitrogen and oxygen atoms in total. The summed E-state index contributed by atoms with van der Waals surface area (Å²) in [5, 5.41) is 18.5. The number of halogens is 1. The number of nitrogens with zero attached hydrogens (tertiary/aromatic N) is 3. The molecule has 0 aliphatic heterocycles. The Morgan fingerprint density at radius 3 is 2.83 bits per heavy atom. The van der Waals surface area contributed by atoms with E-state index in [-0.39, 0.29) is 11.9 Å². The van der Waals surface area contributed by atoms with Crippen LogP contribution in [0.5, 0.6) is 5.75 Å². The molecule has 0 fully saturated rings. The summed E-state index contributed by atoms with van der Waals surface area (Å²) in [6.45, 7) is 6.18. The van der Waals surface area contributed by atoms with Crippen LogP contribution in [0.3, 0.4) is 0 Å². The summed E-state index contributed by atoms with van der Waals surface area (Å²) in [5.74, 6) is 1.65. The molecule has 3 rings (SSSR count). The van der Waals surface area contributed by atoms with E-state index >= 15 is 0 Å². The summed E-state index contributed by atoms with van der Waals surface area (Å²) < 4.78 is 6.96. The number of nitrogens with one attached hydrogen (secondary N) is 3. The topological polar surface area (TPSA) is 123 Å². The average Bonchev–Trinajstić information content (AvgIpc) is 3.30. The highest BCUT2D eigenvalue weighted by Crippen LogP contribution is 2.36. The number of aromatic nitrogens is 4. The number of nitrogen functional groups attached to an aromatic ring is 1. The first-order valence-corrected chi connectivity index (χ1v) is 9.26. The summed E-state index contributed by atoms with van der Waals surface area (Å²) in [4.78, 5) is 10.6. The number of hydrogen-bond donors (Lipinski definition) is 4. The van der Waals surface area contributed by atoms with Crippen LogP contribution in [0, 0.1) is 0 Å². The van der Waals surface area contributed by atoms with Crippen molar-refractivity contribution in [1.82, 2.24) is 25.3 Å². The Hall–Kier alpha value is -3.04. The Kier molecular flexibility index (Phi) is 7.63. The van der Waals surface area contributed by atoms with Crippen molar-refractivity contribution in [3.63, 3.8) is 0 Å². The molecular weight excluding hydrogens is 394 g/mol. The number of aryl methyl sites for hydroxylation is 1. The maximum atomic E-state index is 10.6. The second kappa shape index (κ2) is 9.94. The smallest absolute Gasteiger partial charge is 0.158 e. The minimum Gasteiger partial charge on any atom is -0.494 e. The van der Waals surface area contributed by atoms with Gasteiger partial charge in [-0.05, 0) is 20.0 Å². The fraction of sp³-hybridized carbons (Fsp3) is 0.316. The normalized spacial score (nSPS) is 11.5. The predicted molar refractivity (Wildman–Crippen MR) is 117 cm³/mol. The minimum atomic E-state index is 0.167. The highest BCUT2D eigenvalue weighted by molar-refractivity contribution is 6.35. The second-order valence-electron chi connectivity index (χ2n) is 6.21. The van der Waals surface area contributed by atoms with Gasteiger partial charge in [-0.3, -0.25) is 14.6 Å². The molecule has 0 amide bonds. The Morgan fingerprint density at radius 2 is 2.24 bits per heavy atom. The van der Waals surface area contributed by atoms with E-state index in [1.807, 2.05) is 13.1 Å². The summed E-state index contributed by atoms with van der Waals surface area (Å²) in [6, 6.07) is 2.08. The van der Waals surface area contributed by atoms with Gasteiger partial charge in [0, 0.05) is 30.6 Å². The van der Waals surface area contributed by atoms with Crippen molar-refractivity contribution < 1.29 is 9.53 Å². The van der Waals surface area contributed by atoms with Gasteiger partial charge >= 0.3 is 0 Å². The molecule has 3 aromatic rings. The second-order valence-corrected chi connectivity index (χ2v) is 6.62. The van der Waals surface area contributed by atoms with E-state index in [0.29, 0.717) is 29.2 Å². The summed E-state index contributed by atoms with van der Waals surface area (Å²) in [7, 11) is 5.26. The lowest BCUT2D eigenvalue weighted by atomic mass is 10.1. The first kappa shape index (κ1) is 22.3. The molecule has 0 aliphatic rings. The number of aromatic amines is 1. The van der Waals surface area contributed by atoms with E-state index in [1.54, 1.807) is 26.4 Å². The number of benzene rings is 1. The number of aldehydes is 1. The van der Waals surface area contributed by atoms with Crippen LogP contribution in [0.4, 0.5) is 11.6 Å². The molecule has 2 aromatic heterocycles. The number of H-pyrrole nitrogens is 1. The number of hydrogen-bond acceptors (Lipinski definition) is 7. The van der Waals surface area contributed by atoms with Crippen molar-refractivity contribution >= 4 is 40.4 Å². The third-order valence-electron chi connectivity index (χ3n) is 4.42. The van der Waals surface area contributed by atoms with Gasteiger partial charge in [0.05, 0.1) is 18.3 Å². The molecule has 2 heterocycles. The third kappa shape index (κ3) is 4.69. The average molecular weight is 420 g/mol. The molecule has 1 unspecified atom stereocenters. The van der Waals surface area contributed by atoms with Crippen LogP contribution in [-0.2, 0) is 7.05 Å². The molecule has 1 aromatic carbocycles. The van der Waals surface area contributed by atoms with Gasteiger partial charge in [0.1, 0.15) is 22.6 Å². The monoisotopic (exact) mass is 419 g/mol. The van der Waals surface area contributed by atoms with Gasteiger partial charge in [-0.15, -0.1) is 6.58 Å². The van der Waals surface area contributed by atoms with Gasteiger partial charge in [0.2, 0.25) is 0 Å². The summed E-state index contributed by atoms with van der Waals surface area (Å²) in [5.41, 5.74) is 7.75. The van der Waals surface area contributed by atoms with Gasteiger partial charge in [0.25, 0.3) is 0 Å². The van der Waals surface area contributed by atoms with Gasteiger partial charge in [-0.1, -0.05) is 17.7 Å². The van der Waals surface area contributed by atoms with Crippen molar-refractivity contribution in [3.05, 3.63) is 41.1 Å². The molecule has 0 saturated heterocycles.